The minimum Gasteiger partial charge on any atom is -0.493 e. The quantitative estimate of drug-likeness (QED) is 0.696. The van der Waals surface area contributed by atoms with Crippen LogP contribution in [0.4, 0.5) is 8.78 Å². The van der Waals surface area contributed by atoms with Gasteiger partial charge in [-0.1, -0.05) is 0 Å². The number of furan rings is 1. The van der Waals surface area contributed by atoms with Gasteiger partial charge < -0.3 is 19.2 Å². The van der Waals surface area contributed by atoms with E-state index in [1.807, 2.05) is 12.1 Å². The molecule has 0 aliphatic heterocycles. The second-order valence-corrected chi connectivity index (χ2v) is 5.74. The fourth-order valence-electron chi connectivity index (χ4n) is 1.91. The number of halogens is 2. The molecule has 0 bridgehead atoms. The van der Waals surface area contributed by atoms with Gasteiger partial charge in [0, 0.05) is 17.9 Å². The highest BCUT2D eigenvalue weighted by Crippen LogP contribution is 2.29. The summed E-state index contributed by atoms with van der Waals surface area (Å²) in [6.45, 7) is -2.48. The fourth-order valence-corrected chi connectivity index (χ4v) is 2.66. The summed E-state index contributed by atoms with van der Waals surface area (Å²) in [7, 11) is 1.32. The van der Waals surface area contributed by atoms with Crippen molar-refractivity contribution >= 4 is 17.7 Å². The van der Waals surface area contributed by atoms with E-state index < -0.39 is 6.61 Å². The van der Waals surface area contributed by atoms with Crippen LogP contribution < -0.4 is 14.8 Å². The van der Waals surface area contributed by atoms with Crippen LogP contribution in [0.25, 0.3) is 0 Å². The van der Waals surface area contributed by atoms with E-state index in [1.54, 1.807) is 18.0 Å². The van der Waals surface area contributed by atoms with E-state index in [1.165, 1.54) is 25.3 Å². The summed E-state index contributed by atoms with van der Waals surface area (Å²) in [6, 6.07) is 7.77. The van der Waals surface area contributed by atoms with Crippen molar-refractivity contribution < 1.29 is 27.5 Å². The number of hydrogen-bond donors (Lipinski definition) is 1. The van der Waals surface area contributed by atoms with Gasteiger partial charge in [0.15, 0.2) is 11.5 Å². The molecule has 1 heterocycles. The Kier molecular flexibility index (Phi) is 6.92. The highest BCUT2D eigenvalue weighted by Gasteiger charge is 2.14. The maximum Gasteiger partial charge on any atom is 0.387 e. The van der Waals surface area contributed by atoms with Gasteiger partial charge in [-0.25, -0.2) is 0 Å². The van der Waals surface area contributed by atoms with E-state index in [0.29, 0.717) is 12.1 Å². The van der Waals surface area contributed by atoms with Gasteiger partial charge in [-0.3, -0.25) is 4.79 Å². The number of nitrogens with one attached hydrogen (secondary N) is 1. The molecule has 2 rings (SSSR count). The summed E-state index contributed by atoms with van der Waals surface area (Å²) >= 11 is 1.63. The van der Waals surface area contributed by atoms with Crippen LogP contribution in [0.5, 0.6) is 11.5 Å². The molecule has 2 aromatic rings. The molecule has 1 N–H and O–H groups in total. The maximum atomic E-state index is 12.3. The number of rotatable bonds is 9. The number of carbonyl (C=O) groups excluding carboxylic acids is 1. The lowest BCUT2D eigenvalue weighted by molar-refractivity contribution is -0.0512. The second kappa shape index (κ2) is 9.17. The largest absolute Gasteiger partial charge is 0.493 e. The first-order valence-corrected chi connectivity index (χ1v) is 8.27. The molecule has 0 fully saturated rings. The van der Waals surface area contributed by atoms with E-state index in [-0.39, 0.29) is 17.4 Å². The van der Waals surface area contributed by atoms with E-state index in [9.17, 15) is 13.6 Å². The Labute approximate surface area is 142 Å². The number of thioether (sulfide) groups is 1. The molecule has 130 valence electrons. The van der Waals surface area contributed by atoms with Crippen molar-refractivity contribution in [2.45, 2.75) is 12.4 Å². The van der Waals surface area contributed by atoms with Gasteiger partial charge in [0.1, 0.15) is 5.76 Å². The van der Waals surface area contributed by atoms with Gasteiger partial charge in [0.05, 0.1) is 19.1 Å². The third kappa shape index (κ3) is 5.45. The van der Waals surface area contributed by atoms with Crippen LogP contribution in [0.1, 0.15) is 16.1 Å². The van der Waals surface area contributed by atoms with Gasteiger partial charge >= 0.3 is 6.61 Å². The molecule has 0 aliphatic carbocycles. The third-order valence-electron chi connectivity index (χ3n) is 3.00. The number of hydrogen-bond acceptors (Lipinski definition) is 5. The van der Waals surface area contributed by atoms with Gasteiger partial charge in [-0.15, -0.1) is 0 Å². The lowest BCUT2D eigenvalue weighted by Gasteiger charge is -2.11. The number of benzene rings is 1. The van der Waals surface area contributed by atoms with Crippen molar-refractivity contribution in [3.05, 3.63) is 47.9 Å². The first-order valence-electron chi connectivity index (χ1n) is 7.11. The number of carbonyl (C=O) groups is 1. The summed E-state index contributed by atoms with van der Waals surface area (Å²) in [5.74, 6) is 1.99. The molecule has 0 aliphatic rings. The van der Waals surface area contributed by atoms with Crippen LogP contribution in [0.2, 0.25) is 0 Å². The van der Waals surface area contributed by atoms with Crippen molar-refractivity contribution in [2.24, 2.45) is 0 Å². The lowest BCUT2D eigenvalue weighted by Crippen LogP contribution is -2.25. The molecular weight excluding hydrogens is 340 g/mol. The summed E-state index contributed by atoms with van der Waals surface area (Å²) in [5.41, 5.74) is 0.310. The van der Waals surface area contributed by atoms with Crippen LogP contribution in [-0.4, -0.2) is 31.9 Å². The molecule has 8 heteroatoms. The summed E-state index contributed by atoms with van der Waals surface area (Å²) in [5, 5.41) is 2.76. The minimum absolute atomic E-state index is 0.0788. The Morgan fingerprint density at radius 1 is 1.33 bits per heavy atom. The van der Waals surface area contributed by atoms with Gasteiger partial charge in [-0.05, 0) is 30.3 Å². The Balaban J connectivity index is 1.81. The predicted octanol–water partition coefficient (Wildman–Crippen LogP) is 3.55. The minimum atomic E-state index is -2.95. The molecule has 0 saturated heterocycles. The summed E-state index contributed by atoms with van der Waals surface area (Å²) in [4.78, 5) is 12.1. The molecule has 1 amide bonds. The first-order chi connectivity index (χ1) is 11.6. The monoisotopic (exact) mass is 357 g/mol. The van der Waals surface area contributed by atoms with E-state index in [4.69, 9.17) is 9.15 Å². The van der Waals surface area contributed by atoms with E-state index in [2.05, 4.69) is 10.1 Å². The standard InChI is InChI=1S/C16H17F2NO4S/c1-21-14-9-11(4-5-13(14)23-16(17)18)15(20)19-6-8-24-10-12-3-2-7-22-12/h2-5,7,9,16H,6,8,10H2,1H3,(H,19,20). The molecule has 1 aromatic carbocycles. The Morgan fingerprint density at radius 3 is 2.83 bits per heavy atom. The number of methoxy groups -OCH3 is 1. The van der Waals surface area contributed by atoms with Gasteiger partial charge in [-0.2, -0.15) is 20.5 Å². The van der Waals surface area contributed by atoms with Crippen LogP contribution in [0.3, 0.4) is 0 Å². The van der Waals surface area contributed by atoms with Crippen LogP contribution in [0, 0.1) is 0 Å². The van der Waals surface area contributed by atoms with Crippen LogP contribution >= 0.6 is 11.8 Å². The zero-order chi connectivity index (χ0) is 17.4. The molecule has 1 aromatic heterocycles. The molecule has 0 unspecified atom stereocenters. The third-order valence-corrected chi connectivity index (χ3v) is 3.98. The first kappa shape index (κ1) is 18.1. The topological polar surface area (TPSA) is 60.7 Å². The number of ether oxygens (including phenoxy) is 2. The SMILES string of the molecule is COc1cc(C(=O)NCCSCc2ccco2)ccc1OC(F)F. The van der Waals surface area contributed by atoms with Crippen LogP contribution in [0.15, 0.2) is 41.0 Å². The summed E-state index contributed by atoms with van der Waals surface area (Å²) in [6.07, 6.45) is 1.62. The summed E-state index contributed by atoms with van der Waals surface area (Å²) < 4.78 is 39.0. The van der Waals surface area contributed by atoms with Crippen LogP contribution in [-0.2, 0) is 5.75 Å². The zero-order valence-electron chi connectivity index (χ0n) is 13.0. The molecular formula is C16H17F2NO4S. The molecule has 5 nitrogen and oxygen atoms in total. The molecule has 24 heavy (non-hydrogen) atoms. The average molecular weight is 357 g/mol. The van der Waals surface area contributed by atoms with E-state index in [0.717, 1.165) is 17.3 Å². The zero-order valence-corrected chi connectivity index (χ0v) is 13.8. The second-order valence-electron chi connectivity index (χ2n) is 4.63. The smallest absolute Gasteiger partial charge is 0.387 e. The number of amides is 1. The Hall–Kier alpha value is -2.22. The molecule has 0 saturated carbocycles. The van der Waals surface area contributed by atoms with Gasteiger partial charge in [0.2, 0.25) is 0 Å². The average Bonchev–Trinajstić information content (AvgIpc) is 3.07. The highest BCUT2D eigenvalue weighted by atomic mass is 32.2. The predicted molar refractivity (Wildman–Crippen MR) is 86.8 cm³/mol. The Morgan fingerprint density at radius 2 is 2.17 bits per heavy atom. The Bertz CT molecular complexity index is 650. The fraction of sp³-hybridized carbons (Fsp3) is 0.312. The van der Waals surface area contributed by atoms with Crippen molar-refractivity contribution in [2.75, 3.05) is 19.4 Å². The molecule has 0 radical (unpaired) electrons. The highest BCUT2D eigenvalue weighted by molar-refractivity contribution is 7.98. The molecule has 0 atom stereocenters. The van der Waals surface area contributed by atoms with Crippen molar-refractivity contribution in [3.63, 3.8) is 0 Å². The normalized spacial score (nSPS) is 10.7. The maximum absolute atomic E-state index is 12.3. The lowest BCUT2D eigenvalue weighted by atomic mass is 10.2. The van der Waals surface area contributed by atoms with Gasteiger partial charge in [0.25, 0.3) is 5.91 Å². The van der Waals surface area contributed by atoms with E-state index >= 15 is 0 Å². The van der Waals surface area contributed by atoms with Crippen molar-refractivity contribution in [3.8, 4) is 11.5 Å². The molecule has 0 spiro atoms. The van der Waals surface area contributed by atoms with Crippen molar-refractivity contribution in [1.82, 2.24) is 5.32 Å². The van der Waals surface area contributed by atoms with Crippen molar-refractivity contribution in [1.29, 1.82) is 0 Å². The number of alkyl halides is 2.